The fourth-order valence-electron chi connectivity index (χ4n) is 2.12. The zero-order valence-electron chi connectivity index (χ0n) is 12.3. The Hall–Kier alpha value is -2.17. The largest absolute Gasteiger partial charge is 0.497 e. The molecule has 0 saturated carbocycles. The first-order valence-corrected chi connectivity index (χ1v) is 6.53. The highest BCUT2D eigenvalue weighted by atomic mass is 16.5. The number of hydrogen-bond donors (Lipinski definition) is 1. The average Bonchev–Trinajstić information content (AvgIpc) is 2.79. The number of nitrogen functional groups attached to an aromatic ring is 1. The van der Waals surface area contributed by atoms with Gasteiger partial charge in [0.05, 0.1) is 19.8 Å². The number of nitrogens with two attached hydrogens (primary N) is 1. The van der Waals surface area contributed by atoms with Crippen LogP contribution in [0.1, 0.15) is 19.4 Å². The van der Waals surface area contributed by atoms with Gasteiger partial charge in [0.15, 0.2) is 11.6 Å². The summed E-state index contributed by atoms with van der Waals surface area (Å²) in [7, 11) is 3.23. The molecule has 1 aromatic carbocycles. The van der Waals surface area contributed by atoms with Crippen molar-refractivity contribution in [1.82, 2.24) is 5.16 Å². The monoisotopic (exact) mass is 276 g/mol. The molecular formula is C15H20N2O3. The van der Waals surface area contributed by atoms with E-state index in [4.69, 9.17) is 19.7 Å². The van der Waals surface area contributed by atoms with Gasteiger partial charge in [0, 0.05) is 11.6 Å². The summed E-state index contributed by atoms with van der Waals surface area (Å²) in [6, 6.07) is 5.56. The van der Waals surface area contributed by atoms with Gasteiger partial charge in [0.2, 0.25) is 0 Å². The summed E-state index contributed by atoms with van der Waals surface area (Å²) in [4.78, 5) is 0. The smallest absolute Gasteiger partial charge is 0.175 e. The summed E-state index contributed by atoms with van der Waals surface area (Å²) in [6.45, 7) is 4.25. The number of rotatable bonds is 5. The first-order chi connectivity index (χ1) is 9.56. The van der Waals surface area contributed by atoms with Gasteiger partial charge in [0.1, 0.15) is 11.5 Å². The number of nitrogens with zero attached hydrogens (tertiary/aromatic N) is 1. The Morgan fingerprint density at radius 3 is 2.60 bits per heavy atom. The number of methoxy groups -OCH3 is 2. The maximum atomic E-state index is 5.90. The molecule has 0 spiro atoms. The normalized spacial score (nSPS) is 10.8. The third-order valence-corrected chi connectivity index (χ3v) is 3.08. The van der Waals surface area contributed by atoms with Crippen LogP contribution in [0.15, 0.2) is 22.7 Å². The van der Waals surface area contributed by atoms with Crippen molar-refractivity contribution >= 4 is 5.82 Å². The van der Waals surface area contributed by atoms with Gasteiger partial charge in [-0.3, -0.25) is 0 Å². The average molecular weight is 276 g/mol. The summed E-state index contributed by atoms with van der Waals surface area (Å²) in [5.41, 5.74) is 7.65. The molecule has 1 heterocycles. The van der Waals surface area contributed by atoms with E-state index in [0.29, 0.717) is 23.2 Å². The Labute approximate surface area is 118 Å². The Bertz CT molecular complexity index is 591. The van der Waals surface area contributed by atoms with Crippen LogP contribution in [0.4, 0.5) is 5.82 Å². The topological polar surface area (TPSA) is 70.5 Å². The molecule has 0 saturated heterocycles. The lowest BCUT2D eigenvalue weighted by molar-refractivity contribution is 0.391. The number of benzene rings is 1. The minimum absolute atomic E-state index is 0.437. The van der Waals surface area contributed by atoms with E-state index in [-0.39, 0.29) is 0 Å². The molecule has 1 aromatic heterocycles. The lowest BCUT2D eigenvalue weighted by Gasteiger charge is -2.10. The molecule has 0 aliphatic heterocycles. The number of anilines is 1. The van der Waals surface area contributed by atoms with Crippen LogP contribution in [0, 0.1) is 5.92 Å². The molecule has 2 N–H and O–H groups in total. The first kappa shape index (κ1) is 14.2. The van der Waals surface area contributed by atoms with E-state index in [2.05, 4.69) is 19.0 Å². The molecule has 0 atom stereocenters. The van der Waals surface area contributed by atoms with Gasteiger partial charge >= 0.3 is 0 Å². The van der Waals surface area contributed by atoms with E-state index in [1.165, 1.54) is 0 Å². The maximum absolute atomic E-state index is 5.90. The molecule has 0 unspecified atom stereocenters. The molecule has 2 aromatic rings. The van der Waals surface area contributed by atoms with Crippen LogP contribution in [-0.2, 0) is 6.42 Å². The summed E-state index contributed by atoms with van der Waals surface area (Å²) >= 11 is 0. The molecule has 0 amide bonds. The molecule has 0 radical (unpaired) electrons. The van der Waals surface area contributed by atoms with E-state index < -0.39 is 0 Å². The molecule has 20 heavy (non-hydrogen) atoms. The van der Waals surface area contributed by atoms with Crippen molar-refractivity contribution in [3.63, 3.8) is 0 Å². The van der Waals surface area contributed by atoms with E-state index in [1.807, 2.05) is 18.2 Å². The summed E-state index contributed by atoms with van der Waals surface area (Å²) in [5.74, 6) is 2.95. The summed E-state index contributed by atoms with van der Waals surface area (Å²) in [5, 5.41) is 3.88. The lowest BCUT2D eigenvalue weighted by Crippen LogP contribution is -1.99. The second-order valence-electron chi connectivity index (χ2n) is 5.04. The van der Waals surface area contributed by atoms with Gasteiger partial charge in [-0.25, -0.2) is 0 Å². The van der Waals surface area contributed by atoms with E-state index in [1.54, 1.807) is 14.2 Å². The molecule has 108 valence electrons. The van der Waals surface area contributed by atoms with Gasteiger partial charge in [0.25, 0.3) is 0 Å². The standard InChI is InChI=1S/C15H20N2O3/c1-9(2)7-12-14(20-17-15(12)16)11-6-5-10(18-3)8-13(11)19-4/h5-6,8-9H,7H2,1-4H3,(H2,16,17). The van der Waals surface area contributed by atoms with Gasteiger partial charge in [-0.05, 0) is 24.5 Å². The minimum Gasteiger partial charge on any atom is -0.497 e. The molecular weight excluding hydrogens is 256 g/mol. The van der Waals surface area contributed by atoms with Crippen molar-refractivity contribution in [3.8, 4) is 22.8 Å². The number of hydrogen-bond acceptors (Lipinski definition) is 5. The highest BCUT2D eigenvalue weighted by Crippen LogP contribution is 2.37. The predicted octanol–water partition coefficient (Wildman–Crippen LogP) is 3.14. The summed E-state index contributed by atoms with van der Waals surface area (Å²) in [6.07, 6.45) is 0.805. The molecule has 2 rings (SSSR count). The fraction of sp³-hybridized carbons (Fsp3) is 0.400. The molecule has 0 aliphatic rings. The van der Waals surface area contributed by atoms with Gasteiger partial charge in [-0.1, -0.05) is 19.0 Å². The van der Waals surface area contributed by atoms with Gasteiger partial charge < -0.3 is 19.7 Å². The van der Waals surface area contributed by atoms with Gasteiger partial charge in [-0.15, -0.1) is 0 Å². The first-order valence-electron chi connectivity index (χ1n) is 6.53. The summed E-state index contributed by atoms with van der Waals surface area (Å²) < 4.78 is 16.0. The van der Waals surface area contributed by atoms with Crippen LogP contribution in [0.3, 0.4) is 0 Å². The molecule has 0 fully saturated rings. The highest BCUT2D eigenvalue weighted by Gasteiger charge is 2.20. The van der Waals surface area contributed by atoms with E-state index in [0.717, 1.165) is 23.3 Å². The van der Waals surface area contributed by atoms with Crippen LogP contribution >= 0.6 is 0 Å². The molecule has 5 nitrogen and oxygen atoms in total. The maximum Gasteiger partial charge on any atom is 0.175 e. The van der Waals surface area contributed by atoms with Crippen LogP contribution < -0.4 is 15.2 Å². The number of ether oxygens (including phenoxy) is 2. The third-order valence-electron chi connectivity index (χ3n) is 3.08. The van der Waals surface area contributed by atoms with Crippen molar-refractivity contribution in [1.29, 1.82) is 0 Å². The van der Waals surface area contributed by atoms with Crippen LogP contribution in [0.5, 0.6) is 11.5 Å². The molecule has 0 aliphatic carbocycles. The van der Waals surface area contributed by atoms with Crippen molar-refractivity contribution in [2.45, 2.75) is 20.3 Å². The van der Waals surface area contributed by atoms with Crippen LogP contribution in [-0.4, -0.2) is 19.4 Å². The zero-order chi connectivity index (χ0) is 14.7. The predicted molar refractivity (Wildman–Crippen MR) is 78.0 cm³/mol. The van der Waals surface area contributed by atoms with Crippen molar-refractivity contribution < 1.29 is 14.0 Å². The second-order valence-corrected chi connectivity index (χ2v) is 5.04. The van der Waals surface area contributed by atoms with E-state index >= 15 is 0 Å². The van der Waals surface area contributed by atoms with Gasteiger partial charge in [-0.2, -0.15) is 0 Å². The molecule has 5 heteroatoms. The van der Waals surface area contributed by atoms with Crippen molar-refractivity contribution in [2.75, 3.05) is 20.0 Å². The second kappa shape index (κ2) is 5.86. The molecule has 0 bridgehead atoms. The van der Waals surface area contributed by atoms with Crippen LogP contribution in [0.2, 0.25) is 0 Å². The van der Waals surface area contributed by atoms with E-state index in [9.17, 15) is 0 Å². The zero-order valence-corrected chi connectivity index (χ0v) is 12.3. The van der Waals surface area contributed by atoms with Crippen LogP contribution in [0.25, 0.3) is 11.3 Å². The quantitative estimate of drug-likeness (QED) is 0.908. The highest BCUT2D eigenvalue weighted by molar-refractivity contribution is 5.72. The SMILES string of the molecule is COc1ccc(-c2onc(N)c2CC(C)C)c(OC)c1. The Morgan fingerprint density at radius 2 is 2.00 bits per heavy atom. The fourth-order valence-corrected chi connectivity index (χ4v) is 2.12. The Kier molecular flexibility index (Phi) is 4.17. The number of aromatic nitrogens is 1. The lowest BCUT2D eigenvalue weighted by atomic mass is 9.99. The minimum atomic E-state index is 0.437. The van der Waals surface area contributed by atoms with Crippen molar-refractivity contribution in [3.05, 3.63) is 23.8 Å². The van der Waals surface area contributed by atoms with Crippen molar-refractivity contribution in [2.24, 2.45) is 5.92 Å². The Balaban J connectivity index is 2.51. The Morgan fingerprint density at radius 1 is 1.25 bits per heavy atom. The third kappa shape index (κ3) is 2.71.